The van der Waals surface area contributed by atoms with Crippen molar-refractivity contribution in [3.63, 3.8) is 0 Å². The Kier molecular flexibility index (Phi) is 3.70. The third kappa shape index (κ3) is 2.88. The van der Waals surface area contributed by atoms with Gasteiger partial charge in [-0.15, -0.1) is 0 Å². The highest BCUT2D eigenvalue weighted by Gasteiger charge is 2.21. The number of nitrogens with zero attached hydrogens (tertiary/aromatic N) is 2. The van der Waals surface area contributed by atoms with Crippen LogP contribution in [-0.2, 0) is 0 Å². The summed E-state index contributed by atoms with van der Waals surface area (Å²) in [4.78, 5) is 11.9. The monoisotopic (exact) mass is 306 g/mol. The Balaban J connectivity index is 2.43. The highest BCUT2D eigenvalue weighted by molar-refractivity contribution is 5.40. The van der Waals surface area contributed by atoms with Gasteiger partial charge in [-0.2, -0.15) is 13.8 Å². The van der Waals surface area contributed by atoms with Gasteiger partial charge in [0.15, 0.2) is 23.2 Å². The lowest BCUT2D eigenvalue weighted by Crippen LogP contribution is -2.01. The Labute approximate surface area is 112 Å². The molecule has 110 valence electrons. The average molecular weight is 306 g/mol. The second kappa shape index (κ2) is 5.31. The zero-order chi connectivity index (χ0) is 15.7. The molecular weight excluding hydrogens is 303 g/mol. The van der Waals surface area contributed by atoms with Crippen LogP contribution in [-0.4, -0.2) is 9.91 Å². The minimum absolute atomic E-state index is 0.0946. The van der Waals surface area contributed by atoms with Crippen LogP contribution in [0.5, 0.6) is 11.6 Å². The van der Waals surface area contributed by atoms with Crippen LogP contribution in [0.3, 0.4) is 0 Å². The van der Waals surface area contributed by atoms with E-state index in [-0.39, 0.29) is 18.2 Å². The largest absolute Gasteiger partial charge is 0.433 e. The van der Waals surface area contributed by atoms with E-state index in [1.807, 2.05) is 0 Å². The van der Waals surface area contributed by atoms with Gasteiger partial charge in [0.25, 0.3) is 11.8 Å². The molecular formula is C11H3F5N2O3. The van der Waals surface area contributed by atoms with Gasteiger partial charge >= 0.3 is 5.69 Å². The van der Waals surface area contributed by atoms with E-state index in [1.165, 1.54) is 0 Å². The predicted molar refractivity (Wildman–Crippen MR) is 57.2 cm³/mol. The van der Waals surface area contributed by atoms with Gasteiger partial charge in [0, 0.05) is 12.1 Å². The molecule has 0 aliphatic heterocycles. The van der Waals surface area contributed by atoms with Gasteiger partial charge in [-0.05, 0) is 0 Å². The SMILES string of the molecule is O=[N+]([O-])c1cc(F)c(Oc2nc(F)c(F)cc2F)cc1F. The summed E-state index contributed by atoms with van der Waals surface area (Å²) in [6.45, 7) is 0. The maximum atomic E-state index is 13.5. The van der Waals surface area contributed by atoms with Crippen LogP contribution in [0.4, 0.5) is 27.6 Å². The standard InChI is InChI=1S/C11H3F5N2O3/c12-4-3-9(5(13)2-8(4)18(19)20)21-11-7(15)1-6(14)10(16)17-11/h1-3H. The highest BCUT2D eigenvalue weighted by Crippen LogP contribution is 2.30. The molecule has 2 rings (SSSR count). The normalized spacial score (nSPS) is 10.5. The number of pyridine rings is 1. The Morgan fingerprint density at radius 1 is 0.952 bits per heavy atom. The molecule has 0 atom stereocenters. The summed E-state index contributed by atoms with van der Waals surface area (Å²) in [6, 6.07) is 0.551. The molecule has 0 radical (unpaired) electrons. The number of aromatic nitrogens is 1. The van der Waals surface area contributed by atoms with E-state index in [4.69, 9.17) is 0 Å². The van der Waals surface area contributed by atoms with Crippen molar-refractivity contribution in [1.82, 2.24) is 4.98 Å². The van der Waals surface area contributed by atoms with Crippen molar-refractivity contribution < 1.29 is 31.6 Å². The number of rotatable bonds is 3. The van der Waals surface area contributed by atoms with E-state index in [9.17, 15) is 32.1 Å². The van der Waals surface area contributed by atoms with Crippen molar-refractivity contribution >= 4 is 5.69 Å². The van der Waals surface area contributed by atoms with Gasteiger partial charge in [0.2, 0.25) is 5.82 Å². The third-order valence-corrected chi connectivity index (χ3v) is 2.26. The number of ether oxygens (including phenoxy) is 1. The number of nitro benzene ring substituents is 1. The fraction of sp³-hybridized carbons (Fsp3) is 0. The number of nitro groups is 1. The van der Waals surface area contributed by atoms with E-state index < -0.39 is 51.5 Å². The maximum Gasteiger partial charge on any atom is 0.307 e. The maximum absolute atomic E-state index is 13.5. The summed E-state index contributed by atoms with van der Waals surface area (Å²) in [5.41, 5.74) is -1.17. The van der Waals surface area contributed by atoms with Gasteiger partial charge in [-0.3, -0.25) is 10.1 Å². The van der Waals surface area contributed by atoms with Crippen LogP contribution in [0.2, 0.25) is 0 Å². The van der Waals surface area contributed by atoms with E-state index in [1.54, 1.807) is 0 Å². The highest BCUT2D eigenvalue weighted by atomic mass is 19.2. The minimum atomic E-state index is -1.71. The van der Waals surface area contributed by atoms with Crippen molar-refractivity contribution in [2.24, 2.45) is 0 Å². The Hall–Kier alpha value is -2.78. The molecule has 5 nitrogen and oxygen atoms in total. The molecule has 21 heavy (non-hydrogen) atoms. The fourth-order valence-electron chi connectivity index (χ4n) is 1.34. The van der Waals surface area contributed by atoms with Crippen molar-refractivity contribution in [2.45, 2.75) is 0 Å². The molecule has 0 bridgehead atoms. The molecule has 10 heteroatoms. The van der Waals surface area contributed by atoms with Crippen molar-refractivity contribution in [3.05, 3.63) is 57.5 Å². The summed E-state index contributed by atoms with van der Waals surface area (Å²) < 4.78 is 69.9. The molecule has 1 heterocycles. The van der Waals surface area contributed by atoms with E-state index in [2.05, 4.69) is 9.72 Å². The fourth-order valence-corrected chi connectivity index (χ4v) is 1.34. The molecule has 0 N–H and O–H groups in total. The molecule has 1 aromatic carbocycles. The van der Waals surface area contributed by atoms with Crippen LogP contribution in [0.1, 0.15) is 0 Å². The van der Waals surface area contributed by atoms with Crippen LogP contribution < -0.4 is 4.74 Å². The van der Waals surface area contributed by atoms with Crippen LogP contribution in [0.15, 0.2) is 18.2 Å². The zero-order valence-electron chi connectivity index (χ0n) is 9.74. The molecule has 1 aromatic heterocycles. The molecule has 0 aliphatic rings. The Morgan fingerprint density at radius 3 is 2.24 bits per heavy atom. The second-order valence-corrected chi connectivity index (χ2v) is 3.64. The van der Waals surface area contributed by atoms with Crippen molar-refractivity contribution in [3.8, 4) is 11.6 Å². The van der Waals surface area contributed by atoms with Crippen LogP contribution in [0, 0.1) is 39.3 Å². The van der Waals surface area contributed by atoms with Gasteiger partial charge in [-0.1, -0.05) is 0 Å². The first-order valence-corrected chi connectivity index (χ1v) is 5.12. The predicted octanol–water partition coefficient (Wildman–Crippen LogP) is 3.48. The van der Waals surface area contributed by atoms with E-state index in [0.717, 1.165) is 0 Å². The lowest BCUT2D eigenvalue weighted by Gasteiger charge is -2.07. The zero-order valence-corrected chi connectivity index (χ0v) is 9.74. The first kappa shape index (κ1) is 14.6. The third-order valence-electron chi connectivity index (χ3n) is 2.26. The minimum Gasteiger partial charge on any atom is -0.433 e. The lowest BCUT2D eigenvalue weighted by atomic mass is 10.3. The quantitative estimate of drug-likeness (QED) is 0.377. The molecule has 2 aromatic rings. The molecule has 0 amide bonds. The summed E-state index contributed by atoms with van der Waals surface area (Å²) in [5, 5.41) is 10.4. The number of hydrogen-bond donors (Lipinski definition) is 0. The Morgan fingerprint density at radius 2 is 1.62 bits per heavy atom. The second-order valence-electron chi connectivity index (χ2n) is 3.64. The Bertz CT molecular complexity index is 738. The molecule has 0 unspecified atom stereocenters. The molecule has 0 spiro atoms. The molecule has 0 aliphatic carbocycles. The van der Waals surface area contributed by atoms with E-state index in [0.29, 0.717) is 0 Å². The summed E-state index contributed by atoms with van der Waals surface area (Å²) in [7, 11) is 0. The summed E-state index contributed by atoms with van der Waals surface area (Å²) >= 11 is 0. The van der Waals surface area contributed by atoms with Gasteiger partial charge < -0.3 is 4.74 Å². The van der Waals surface area contributed by atoms with Gasteiger partial charge in [0.1, 0.15) is 0 Å². The van der Waals surface area contributed by atoms with Gasteiger partial charge in [0.05, 0.1) is 11.0 Å². The summed E-state index contributed by atoms with van der Waals surface area (Å²) in [6.07, 6.45) is 0. The van der Waals surface area contributed by atoms with Crippen molar-refractivity contribution in [1.29, 1.82) is 0 Å². The summed E-state index contributed by atoms with van der Waals surface area (Å²) in [5.74, 6) is -9.78. The van der Waals surface area contributed by atoms with Crippen LogP contribution >= 0.6 is 0 Å². The molecule has 0 saturated heterocycles. The first-order chi connectivity index (χ1) is 9.79. The number of benzene rings is 1. The van der Waals surface area contributed by atoms with Crippen molar-refractivity contribution in [2.75, 3.05) is 0 Å². The molecule has 0 saturated carbocycles. The topological polar surface area (TPSA) is 65.3 Å². The van der Waals surface area contributed by atoms with E-state index >= 15 is 0 Å². The number of hydrogen-bond acceptors (Lipinski definition) is 4. The lowest BCUT2D eigenvalue weighted by molar-refractivity contribution is -0.387. The first-order valence-electron chi connectivity index (χ1n) is 5.12. The van der Waals surface area contributed by atoms with Gasteiger partial charge in [-0.25, -0.2) is 13.2 Å². The van der Waals surface area contributed by atoms with Crippen LogP contribution in [0.25, 0.3) is 0 Å². The smallest absolute Gasteiger partial charge is 0.307 e. The number of halogens is 5. The average Bonchev–Trinajstić information content (AvgIpc) is 2.39. The molecule has 0 fully saturated rings.